The van der Waals surface area contributed by atoms with Gasteiger partial charge in [-0.1, -0.05) is 42.5 Å². The van der Waals surface area contributed by atoms with Crippen LogP contribution in [0.3, 0.4) is 0 Å². The molecule has 166 valence electrons. The first-order valence-electron chi connectivity index (χ1n) is 11.5. The number of nitrogens with zero attached hydrogens (tertiary/aromatic N) is 2. The number of hydrogen-bond acceptors (Lipinski definition) is 4. The van der Waals surface area contributed by atoms with Crippen LogP contribution >= 0.6 is 0 Å². The van der Waals surface area contributed by atoms with Crippen LogP contribution in [-0.2, 0) is 11.3 Å². The molecule has 0 aromatic heterocycles. The molecule has 1 aliphatic heterocycles. The first-order chi connectivity index (χ1) is 14.9. The summed E-state index contributed by atoms with van der Waals surface area (Å²) in [4.78, 5) is 16.4. The zero-order chi connectivity index (χ0) is 21.8. The Bertz CT molecular complexity index is 846. The van der Waals surface area contributed by atoms with Gasteiger partial charge in [-0.3, -0.25) is 0 Å². The maximum atomic E-state index is 12.2. The molecule has 1 N–H and O–H groups in total. The van der Waals surface area contributed by atoms with E-state index in [0.29, 0.717) is 25.0 Å². The number of piperazine rings is 1. The predicted octanol–water partition coefficient (Wildman–Crippen LogP) is 4.78. The lowest BCUT2D eigenvalue weighted by atomic mass is 9.76. The molecule has 2 aliphatic rings. The summed E-state index contributed by atoms with van der Waals surface area (Å²) in [5, 5.41) is 3.67. The SMILES string of the molecule is CC(C)(C)OC(=O)N1CCN(c2ccc(C3CC(NCc4ccccc4)C3)cc2)CC1. The summed E-state index contributed by atoms with van der Waals surface area (Å²) in [7, 11) is 0. The number of anilines is 1. The molecular weight excluding hydrogens is 386 g/mol. The third-order valence-corrected chi connectivity index (χ3v) is 6.24. The lowest BCUT2D eigenvalue weighted by Gasteiger charge is -2.38. The van der Waals surface area contributed by atoms with Crippen LogP contribution in [0.5, 0.6) is 0 Å². The Kier molecular flexibility index (Phi) is 6.51. The monoisotopic (exact) mass is 421 g/mol. The predicted molar refractivity (Wildman–Crippen MR) is 126 cm³/mol. The minimum atomic E-state index is -0.443. The highest BCUT2D eigenvalue weighted by Crippen LogP contribution is 2.37. The van der Waals surface area contributed by atoms with Gasteiger partial charge in [0, 0.05) is 44.5 Å². The topological polar surface area (TPSA) is 44.8 Å². The van der Waals surface area contributed by atoms with Gasteiger partial charge in [0.2, 0.25) is 0 Å². The van der Waals surface area contributed by atoms with Gasteiger partial charge in [-0.2, -0.15) is 0 Å². The van der Waals surface area contributed by atoms with Crippen LogP contribution < -0.4 is 10.2 Å². The maximum absolute atomic E-state index is 12.2. The van der Waals surface area contributed by atoms with Crippen LogP contribution in [0.15, 0.2) is 54.6 Å². The summed E-state index contributed by atoms with van der Waals surface area (Å²) in [6, 6.07) is 20.3. The molecule has 4 rings (SSSR count). The third kappa shape index (κ3) is 5.79. The highest BCUT2D eigenvalue weighted by atomic mass is 16.6. The van der Waals surface area contributed by atoms with E-state index in [2.05, 4.69) is 64.8 Å². The van der Waals surface area contributed by atoms with Crippen molar-refractivity contribution < 1.29 is 9.53 Å². The second kappa shape index (κ2) is 9.31. The van der Waals surface area contributed by atoms with E-state index in [-0.39, 0.29) is 6.09 Å². The molecule has 1 heterocycles. The van der Waals surface area contributed by atoms with Crippen LogP contribution in [0.25, 0.3) is 0 Å². The Hall–Kier alpha value is -2.53. The average molecular weight is 422 g/mol. The molecule has 0 radical (unpaired) electrons. The van der Waals surface area contributed by atoms with Gasteiger partial charge in [0.15, 0.2) is 0 Å². The summed E-state index contributed by atoms with van der Waals surface area (Å²) in [5.41, 5.74) is 3.59. The molecule has 0 unspecified atom stereocenters. The van der Waals surface area contributed by atoms with Crippen molar-refractivity contribution in [2.75, 3.05) is 31.1 Å². The number of carbonyl (C=O) groups excluding carboxylic acids is 1. The molecule has 5 heteroatoms. The van der Waals surface area contributed by atoms with E-state index >= 15 is 0 Å². The molecule has 0 spiro atoms. The summed E-state index contributed by atoms with van der Waals surface area (Å²) in [6.45, 7) is 9.76. The highest BCUT2D eigenvalue weighted by Gasteiger charge is 2.30. The fourth-order valence-electron chi connectivity index (χ4n) is 4.35. The van der Waals surface area contributed by atoms with E-state index in [4.69, 9.17) is 4.74 Å². The standard InChI is InChI=1S/C26H35N3O2/c1-26(2,3)31-25(30)29-15-13-28(14-16-29)24-11-9-21(10-12-24)22-17-23(18-22)27-19-20-7-5-4-6-8-20/h4-12,22-23,27H,13-19H2,1-3H3. The summed E-state index contributed by atoms with van der Waals surface area (Å²) in [6.07, 6.45) is 2.21. The van der Waals surface area contributed by atoms with Gasteiger partial charge in [-0.15, -0.1) is 0 Å². The molecule has 1 saturated carbocycles. The molecule has 2 aromatic rings. The number of rotatable bonds is 5. The third-order valence-electron chi connectivity index (χ3n) is 6.24. The maximum Gasteiger partial charge on any atom is 0.410 e. The average Bonchev–Trinajstić information content (AvgIpc) is 2.73. The summed E-state index contributed by atoms with van der Waals surface area (Å²) in [5.74, 6) is 0.659. The normalized spacial score (nSPS) is 21.5. The Labute approximate surface area is 186 Å². The van der Waals surface area contributed by atoms with Gasteiger partial charge in [-0.25, -0.2) is 4.79 Å². The van der Waals surface area contributed by atoms with Crippen molar-refractivity contribution in [3.8, 4) is 0 Å². The zero-order valence-corrected chi connectivity index (χ0v) is 19.0. The fourth-order valence-corrected chi connectivity index (χ4v) is 4.35. The molecule has 0 bridgehead atoms. The van der Waals surface area contributed by atoms with Crippen molar-refractivity contribution in [3.63, 3.8) is 0 Å². The van der Waals surface area contributed by atoms with E-state index in [0.717, 1.165) is 19.6 Å². The van der Waals surface area contributed by atoms with Gasteiger partial charge < -0.3 is 19.9 Å². The highest BCUT2D eigenvalue weighted by molar-refractivity contribution is 5.68. The molecular formula is C26H35N3O2. The summed E-state index contributed by atoms with van der Waals surface area (Å²) >= 11 is 0. The molecule has 5 nitrogen and oxygen atoms in total. The second-order valence-electron chi connectivity index (χ2n) is 9.78. The van der Waals surface area contributed by atoms with Crippen molar-refractivity contribution in [2.45, 2.75) is 57.7 Å². The van der Waals surface area contributed by atoms with E-state index in [9.17, 15) is 4.79 Å². The van der Waals surface area contributed by atoms with Crippen LogP contribution in [-0.4, -0.2) is 48.8 Å². The van der Waals surface area contributed by atoms with E-state index in [1.54, 1.807) is 0 Å². The number of amides is 1. The minimum absolute atomic E-state index is 0.206. The fraction of sp³-hybridized carbons (Fsp3) is 0.500. The minimum Gasteiger partial charge on any atom is -0.444 e. The lowest BCUT2D eigenvalue weighted by Crippen LogP contribution is -2.50. The molecule has 1 aliphatic carbocycles. The van der Waals surface area contributed by atoms with Crippen molar-refractivity contribution >= 4 is 11.8 Å². The number of carbonyl (C=O) groups is 1. The number of hydrogen-bond donors (Lipinski definition) is 1. The Morgan fingerprint density at radius 2 is 1.61 bits per heavy atom. The molecule has 1 saturated heterocycles. The summed E-state index contributed by atoms with van der Waals surface area (Å²) < 4.78 is 5.49. The molecule has 2 fully saturated rings. The quantitative estimate of drug-likeness (QED) is 0.755. The van der Waals surface area contributed by atoms with E-state index in [1.165, 1.54) is 29.7 Å². The zero-order valence-electron chi connectivity index (χ0n) is 19.0. The smallest absolute Gasteiger partial charge is 0.410 e. The van der Waals surface area contributed by atoms with E-state index < -0.39 is 5.60 Å². The Balaban J connectivity index is 1.21. The van der Waals surface area contributed by atoms with Gasteiger partial charge in [-0.05, 0) is 62.8 Å². The van der Waals surface area contributed by atoms with Crippen LogP contribution in [0.1, 0.15) is 50.7 Å². The molecule has 31 heavy (non-hydrogen) atoms. The first kappa shape index (κ1) is 21.7. The molecule has 2 aromatic carbocycles. The van der Waals surface area contributed by atoms with Crippen LogP contribution in [0, 0.1) is 0 Å². The van der Waals surface area contributed by atoms with Crippen LogP contribution in [0.2, 0.25) is 0 Å². The number of benzene rings is 2. The Morgan fingerprint density at radius 3 is 2.23 bits per heavy atom. The van der Waals surface area contributed by atoms with Gasteiger partial charge in [0.05, 0.1) is 0 Å². The second-order valence-corrected chi connectivity index (χ2v) is 9.78. The molecule has 1 amide bonds. The van der Waals surface area contributed by atoms with E-state index in [1.807, 2.05) is 25.7 Å². The van der Waals surface area contributed by atoms with Gasteiger partial charge >= 0.3 is 6.09 Å². The number of ether oxygens (including phenoxy) is 1. The van der Waals surface area contributed by atoms with Crippen molar-refractivity contribution in [3.05, 3.63) is 65.7 Å². The molecule has 0 atom stereocenters. The van der Waals surface area contributed by atoms with Crippen molar-refractivity contribution in [2.24, 2.45) is 0 Å². The number of nitrogens with one attached hydrogen (secondary N) is 1. The Morgan fingerprint density at radius 1 is 0.968 bits per heavy atom. The van der Waals surface area contributed by atoms with Gasteiger partial charge in [0.25, 0.3) is 0 Å². The van der Waals surface area contributed by atoms with Crippen LogP contribution in [0.4, 0.5) is 10.5 Å². The van der Waals surface area contributed by atoms with Crippen molar-refractivity contribution in [1.82, 2.24) is 10.2 Å². The lowest BCUT2D eigenvalue weighted by molar-refractivity contribution is 0.0240. The first-order valence-corrected chi connectivity index (χ1v) is 11.5. The largest absolute Gasteiger partial charge is 0.444 e. The van der Waals surface area contributed by atoms with Crippen molar-refractivity contribution in [1.29, 1.82) is 0 Å². The van der Waals surface area contributed by atoms with Gasteiger partial charge in [0.1, 0.15) is 5.60 Å².